The van der Waals surface area contributed by atoms with Gasteiger partial charge in [-0.3, -0.25) is 0 Å². The fourth-order valence-corrected chi connectivity index (χ4v) is 2.04. The van der Waals surface area contributed by atoms with Gasteiger partial charge < -0.3 is 14.6 Å². The van der Waals surface area contributed by atoms with Crippen molar-refractivity contribution in [2.45, 2.75) is 32.2 Å². The fourth-order valence-electron chi connectivity index (χ4n) is 2.04. The minimum absolute atomic E-state index is 0.217. The SMILES string of the molecule is CC1(C)OCCC(c2ccccc2C(=O)O)O1. The zero-order chi connectivity index (χ0) is 12.5. The number of rotatable bonds is 2. The van der Waals surface area contributed by atoms with Gasteiger partial charge in [0.2, 0.25) is 0 Å². The van der Waals surface area contributed by atoms with Crippen LogP contribution in [0.2, 0.25) is 0 Å². The first-order valence-electron chi connectivity index (χ1n) is 5.63. The molecule has 1 aliphatic heterocycles. The van der Waals surface area contributed by atoms with Gasteiger partial charge in [0.05, 0.1) is 18.3 Å². The van der Waals surface area contributed by atoms with Gasteiger partial charge in [-0.1, -0.05) is 18.2 Å². The summed E-state index contributed by atoms with van der Waals surface area (Å²) in [7, 11) is 0. The molecular weight excluding hydrogens is 220 g/mol. The van der Waals surface area contributed by atoms with E-state index in [1.807, 2.05) is 19.9 Å². The highest BCUT2D eigenvalue weighted by atomic mass is 16.7. The van der Waals surface area contributed by atoms with Crippen LogP contribution in [-0.2, 0) is 9.47 Å². The third-order valence-corrected chi connectivity index (χ3v) is 2.79. The van der Waals surface area contributed by atoms with E-state index in [1.54, 1.807) is 18.2 Å². The van der Waals surface area contributed by atoms with Crippen LogP contribution in [0.4, 0.5) is 0 Å². The van der Waals surface area contributed by atoms with E-state index in [-0.39, 0.29) is 6.10 Å². The summed E-state index contributed by atoms with van der Waals surface area (Å²) in [5.74, 6) is -1.58. The smallest absolute Gasteiger partial charge is 0.336 e. The zero-order valence-corrected chi connectivity index (χ0v) is 9.97. The van der Waals surface area contributed by atoms with Crippen LogP contribution in [0, 0.1) is 0 Å². The number of carbonyl (C=O) groups is 1. The van der Waals surface area contributed by atoms with Crippen LogP contribution in [0.5, 0.6) is 0 Å². The highest BCUT2D eigenvalue weighted by Gasteiger charge is 2.32. The van der Waals surface area contributed by atoms with Crippen LogP contribution in [0.1, 0.15) is 42.3 Å². The monoisotopic (exact) mass is 236 g/mol. The van der Waals surface area contributed by atoms with Crippen molar-refractivity contribution in [2.24, 2.45) is 0 Å². The van der Waals surface area contributed by atoms with Crippen LogP contribution in [0.15, 0.2) is 24.3 Å². The molecule has 1 aromatic carbocycles. The number of carboxylic acids is 1. The lowest BCUT2D eigenvalue weighted by Gasteiger charge is -2.36. The van der Waals surface area contributed by atoms with Gasteiger partial charge >= 0.3 is 5.97 Å². The van der Waals surface area contributed by atoms with Crippen molar-refractivity contribution in [2.75, 3.05) is 6.61 Å². The topological polar surface area (TPSA) is 55.8 Å². The third-order valence-electron chi connectivity index (χ3n) is 2.79. The predicted molar refractivity (Wildman–Crippen MR) is 61.9 cm³/mol. The molecule has 1 unspecified atom stereocenters. The normalized spacial score (nSPS) is 23.3. The largest absolute Gasteiger partial charge is 0.478 e. The first-order valence-corrected chi connectivity index (χ1v) is 5.63. The molecule has 0 amide bonds. The van der Waals surface area contributed by atoms with Crippen molar-refractivity contribution in [3.63, 3.8) is 0 Å². The van der Waals surface area contributed by atoms with Crippen LogP contribution >= 0.6 is 0 Å². The second-order valence-electron chi connectivity index (χ2n) is 4.54. The number of hydrogen-bond donors (Lipinski definition) is 1. The van der Waals surface area contributed by atoms with E-state index in [2.05, 4.69) is 0 Å². The third kappa shape index (κ3) is 2.65. The lowest BCUT2D eigenvalue weighted by molar-refractivity contribution is -0.275. The molecule has 1 fully saturated rings. The fraction of sp³-hybridized carbons (Fsp3) is 0.462. The first-order chi connectivity index (χ1) is 7.99. The summed E-state index contributed by atoms with van der Waals surface area (Å²) < 4.78 is 11.2. The van der Waals surface area contributed by atoms with E-state index < -0.39 is 11.8 Å². The minimum atomic E-state index is -0.923. The standard InChI is InChI=1S/C13H16O4/c1-13(2)16-8-7-11(17-13)9-5-3-4-6-10(9)12(14)15/h3-6,11H,7-8H2,1-2H3,(H,14,15). The second-order valence-corrected chi connectivity index (χ2v) is 4.54. The summed E-state index contributed by atoms with van der Waals surface area (Å²) in [5.41, 5.74) is 1.02. The Morgan fingerprint density at radius 3 is 2.76 bits per heavy atom. The van der Waals surface area contributed by atoms with Gasteiger partial charge in [-0.25, -0.2) is 4.79 Å². The maximum atomic E-state index is 11.1. The lowest BCUT2D eigenvalue weighted by Crippen LogP contribution is -2.36. The zero-order valence-electron chi connectivity index (χ0n) is 9.97. The van der Waals surface area contributed by atoms with Crippen LogP contribution in [-0.4, -0.2) is 23.5 Å². The van der Waals surface area contributed by atoms with Gasteiger partial charge in [0.15, 0.2) is 5.79 Å². The molecule has 1 saturated heterocycles. The number of hydrogen-bond acceptors (Lipinski definition) is 3. The van der Waals surface area contributed by atoms with Gasteiger partial charge in [0.25, 0.3) is 0 Å². The maximum absolute atomic E-state index is 11.1. The molecule has 1 N–H and O–H groups in total. The summed E-state index contributed by atoms with van der Waals surface area (Å²) in [6, 6.07) is 6.95. The van der Waals surface area contributed by atoms with E-state index in [9.17, 15) is 4.79 Å². The van der Waals surface area contributed by atoms with E-state index in [0.717, 1.165) is 5.56 Å². The Bertz CT molecular complexity index is 425. The molecule has 1 aromatic rings. The molecule has 0 saturated carbocycles. The van der Waals surface area contributed by atoms with Crippen molar-refractivity contribution in [1.29, 1.82) is 0 Å². The summed E-state index contributed by atoms with van der Waals surface area (Å²) in [6.45, 7) is 4.25. The highest BCUT2D eigenvalue weighted by Crippen LogP contribution is 2.34. The molecule has 17 heavy (non-hydrogen) atoms. The molecule has 1 atom stereocenters. The summed E-state index contributed by atoms with van der Waals surface area (Å²) in [6.07, 6.45) is 0.458. The van der Waals surface area contributed by atoms with Gasteiger partial charge in [-0.15, -0.1) is 0 Å². The van der Waals surface area contributed by atoms with Crippen molar-refractivity contribution < 1.29 is 19.4 Å². The molecule has 92 valence electrons. The van der Waals surface area contributed by atoms with Gasteiger partial charge in [-0.05, 0) is 25.5 Å². The van der Waals surface area contributed by atoms with Crippen LogP contribution in [0.25, 0.3) is 0 Å². The van der Waals surface area contributed by atoms with Gasteiger partial charge in [0.1, 0.15) is 0 Å². The molecule has 0 spiro atoms. The Morgan fingerprint density at radius 1 is 1.41 bits per heavy atom. The molecule has 4 heteroatoms. The van der Waals surface area contributed by atoms with E-state index >= 15 is 0 Å². The predicted octanol–water partition coefficient (Wildman–Crippen LogP) is 2.60. The van der Waals surface area contributed by atoms with E-state index in [0.29, 0.717) is 18.6 Å². The molecule has 2 rings (SSSR count). The second kappa shape index (κ2) is 4.47. The number of aromatic carboxylic acids is 1. The Hall–Kier alpha value is -1.39. The minimum Gasteiger partial charge on any atom is -0.478 e. The van der Waals surface area contributed by atoms with E-state index in [1.165, 1.54) is 0 Å². The summed E-state index contributed by atoms with van der Waals surface area (Å²) in [5, 5.41) is 9.14. The molecule has 4 nitrogen and oxygen atoms in total. The Kier molecular flexibility index (Phi) is 3.17. The van der Waals surface area contributed by atoms with Crippen molar-refractivity contribution in [3.8, 4) is 0 Å². The highest BCUT2D eigenvalue weighted by molar-refractivity contribution is 5.89. The molecular formula is C13H16O4. The maximum Gasteiger partial charge on any atom is 0.336 e. The number of benzene rings is 1. The van der Waals surface area contributed by atoms with Crippen LogP contribution < -0.4 is 0 Å². The summed E-state index contributed by atoms with van der Waals surface area (Å²) >= 11 is 0. The Morgan fingerprint density at radius 2 is 2.12 bits per heavy atom. The van der Waals surface area contributed by atoms with Crippen LogP contribution in [0.3, 0.4) is 0 Å². The average molecular weight is 236 g/mol. The number of ether oxygens (including phenoxy) is 2. The molecule has 0 aromatic heterocycles. The Balaban J connectivity index is 2.30. The quantitative estimate of drug-likeness (QED) is 0.857. The molecule has 0 radical (unpaired) electrons. The average Bonchev–Trinajstić information content (AvgIpc) is 2.27. The van der Waals surface area contributed by atoms with Gasteiger partial charge in [-0.2, -0.15) is 0 Å². The van der Waals surface area contributed by atoms with E-state index in [4.69, 9.17) is 14.6 Å². The molecule has 0 aliphatic carbocycles. The van der Waals surface area contributed by atoms with Gasteiger partial charge in [0, 0.05) is 6.42 Å². The lowest BCUT2D eigenvalue weighted by atomic mass is 9.99. The first kappa shape index (κ1) is 12.1. The number of carboxylic acid groups (broad SMARTS) is 1. The molecule has 1 aliphatic rings. The molecule has 0 bridgehead atoms. The van der Waals surface area contributed by atoms with Crippen molar-refractivity contribution in [1.82, 2.24) is 0 Å². The van der Waals surface area contributed by atoms with Crippen molar-refractivity contribution in [3.05, 3.63) is 35.4 Å². The molecule has 1 heterocycles. The summed E-state index contributed by atoms with van der Waals surface area (Å²) in [4.78, 5) is 11.1. The van der Waals surface area contributed by atoms with Crippen molar-refractivity contribution >= 4 is 5.97 Å². The Labute approximate surface area is 100 Å².